The number of carbonyl (C=O) groups is 1. The SMILES string of the molecule is CC(C)(C)c1cc(-c2cc(C(=O)O)[nH]c2CC2CCCCC2)cc(C(C)(C)C)c1. The predicted molar refractivity (Wildman–Crippen MR) is 121 cm³/mol. The largest absolute Gasteiger partial charge is 0.477 e. The number of benzene rings is 1. The van der Waals surface area contributed by atoms with Gasteiger partial charge >= 0.3 is 5.97 Å². The van der Waals surface area contributed by atoms with Crippen molar-refractivity contribution in [1.82, 2.24) is 4.98 Å². The third kappa shape index (κ3) is 5.12. The zero-order valence-electron chi connectivity index (χ0n) is 19.0. The summed E-state index contributed by atoms with van der Waals surface area (Å²) in [6.45, 7) is 13.4. The van der Waals surface area contributed by atoms with Crippen LogP contribution >= 0.6 is 0 Å². The molecule has 3 rings (SSSR count). The fourth-order valence-corrected chi connectivity index (χ4v) is 4.36. The van der Waals surface area contributed by atoms with Crippen LogP contribution in [0.25, 0.3) is 11.1 Å². The van der Waals surface area contributed by atoms with E-state index in [0.717, 1.165) is 23.2 Å². The highest BCUT2D eigenvalue weighted by Crippen LogP contribution is 2.37. The summed E-state index contributed by atoms with van der Waals surface area (Å²) < 4.78 is 0. The Balaban J connectivity index is 2.11. The predicted octanol–water partition coefficient (Wildman–Crippen LogP) is 7.10. The average Bonchev–Trinajstić information content (AvgIpc) is 3.05. The molecule has 0 radical (unpaired) electrons. The highest BCUT2D eigenvalue weighted by atomic mass is 16.4. The molecule has 1 saturated carbocycles. The number of hydrogen-bond acceptors (Lipinski definition) is 1. The van der Waals surface area contributed by atoms with Gasteiger partial charge in [-0.3, -0.25) is 0 Å². The number of aromatic amines is 1. The lowest BCUT2D eigenvalue weighted by molar-refractivity contribution is 0.0691. The molecule has 0 unspecified atom stereocenters. The topological polar surface area (TPSA) is 53.1 Å². The van der Waals surface area contributed by atoms with Crippen LogP contribution < -0.4 is 0 Å². The van der Waals surface area contributed by atoms with Crippen LogP contribution in [-0.2, 0) is 17.3 Å². The minimum Gasteiger partial charge on any atom is -0.477 e. The lowest BCUT2D eigenvalue weighted by atomic mass is 9.78. The van der Waals surface area contributed by atoms with E-state index >= 15 is 0 Å². The molecule has 1 aromatic carbocycles. The van der Waals surface area contributed by atoms with Crippen molar-refractivity contribution in [3.63, 3.8) is 0 Å². The highest BCUT2D eigenvalue weighted by Gasteiger charge is 2.24. The number of aromatic carboxylic acids is 1. The summed E-state index contributed by atoms with van der Waals surface area (Å²) in [6.07, 6.45) is 7.34. The van der Waals surface area contributed by atoms with Gasteiger partial charge in [-0.05, 0) is 45.9 Å². The lowest BCUT2D eigenvalue weighted by Crippen LogP contribution is -2.16. The maximum Gasteiger partial charge on any atom is 0.352 e. The number of H-pyrrole nitrogens is 1. The molecule has 3 nitrogen and oxygen atoms in total. The van der Waals surface area contributed by atoms with Crippen molar-refractivity contribution in [2.75, 3.05) is 0 Å². The van der Waals surface area contributed by atoms with Crippen molar-refractivity contribution in [2.24, 2.45) is 5.92 Å². The third-order valence-corrected chi connectivity index (χ3v) is 6.32. The number of carboxylic acid groups (broad SMARTS) is 1. The van der Waals surface area contributed by atoms with Crippen molar-refractivity contribution in [3.05, 3.63) is 46.8 Å². The first kappa shape index (κ1) is 21.7. The number of carboxylic acids is 1. The van der Waals surface area contributed by atoms with Gasteiger partial charge in [0.05, 0.1) is 0 Å². The van der Waals surface area contributed by atoms with Crippen LogP contribution in [0, 0.1) is 5.92 Å². The van der Waals surface area contributed by atoms with Gasteiger partial charge < -0.3 is 10.1 Å². The Hall–Kier alpha value is -2.03. The van der Waals surface area contributed by atoms with Crippen LogP contribution in [0.15, 0.2) is 24.3 Å². The van der Waals surface area contributed by atoms with Crippen LogP contribution in [0.1, 0.15) is 101 Å². The van der Waals surface area contributed by atoms with E-state index in [-0.39, 0.29) is 10.8 Å². The number of aromatic nitrogens is 1. The van der Waals surface area contributed by atoms with Crippen LogP contribution in [0.4, 0.5) is 0 Å². The van der Waals surface area contributed by atoms with E-state index in [2.05, 4.69) is 64.7 Å². The van der Waals surface area contributed by atoms with E-state index in [1.807, 2.05) is 6.07 Å². The Morgan fingerprint density at radius 1 is 0.931 bits per heavy atom. The fraction of sp³-hybridized carbons (Fsp3) is 0.577. The van der Waals surface area contributed by atoms with Crippen molar-refractivity contribution < 1.29 is 9.90 Å². The summed E-state index contributed by atoms with van der Waals surface area (Å²) in [5.74, 6) is -0.236. The summed E-state index contributed by atoms with van der Waals surface area (Å²) in [7, 11) is 0. The Kier molecular flexibility index (Phi) is 5.98. The highest BCUT2D eigenvalue weighted by molar-refractivity contribution is 5.88. The van der Waals surface area contributed by atoms with Crippen molar-refractivity contribution in [1.29, 1.82) is 0 Å². The number of nitrogens with one attached hydrogen (secondary N) is 1. The molecule has 0 aliphatic heterocycles. The second kappa shape index (κ2) is 8.01. The van der Waals surface area contributed by atoms with Crippen molar-refractivity contribution in [3.8, 4) is 11.1 Å². The van der Waals surface area contributed by atoms with Gasteiger partial charge in [0.2, 0.25) is 0 Å². The molecular formula is C26H37NO2. The lowest BCUT2D eigenvalue weighted by Gasteiger charge is -2.26. The number of hydrogen-bond donors (Lipinski definition) is 2. The van der Waals surface area contributed by atoms with Crippen LogP contribution in [0.5, 0.6) is 0 Å². The van der Waals surface area contributed by atoms with E-state index in [9.17, 15) is 9.90 Å². The van der Waals surface area contributed by atoms with E-state index in [1.165, 1.54) is 43.2 Å². The summed E-state index contributed by atoms with van der Waals surface area (Å²) in [5, 5.41) is 9.61. The molecule has 0 spiro atoms. The first-order valence-electron chi connectivity index (χ1n) is 11.1. The summed E-state index contributed by atoms with van der Waals surface area (Å²) >= 11 is 0. The average molecular weight is 396 g/mol. The molecule has 1 aliphatic carbocycles. The van der Waals surface area contributed by atoms with Crippen LogP contribution in [0.3, 0.4) is 0 Å². The van der Waals surface area contributed by atoms with Gasteiger partial charge in [0.15, 0.2) is 0 Å². The summed E-state index contributed by atoms with van der Waals surface area (Å²) in [6, 6.07) is 8.67. The molecule has 0 bridgehead atoms. The normalized spacial score (nSPS) is 16.2. The summed E-state index contributed by atoms with van der Waals surface area (Å²) in [4.78, 5) is 15.0. The zero-order chi connectivity index (χ0) is 21.4. The van der Waals surface area contributed by atoms with Crippen LogP contribution in [0.2, 0.25) is 0 Å². The molecule has 0 amide bonds. The maximum absolute atomic E-state index is 11.7. The minimum absolute atomic E-state index is 0.0332. The molecule has 1 fully saturated rings. The molecule has 1 aromatic heterocycles. The molecular weight excluding hydrogens is 358 g/mol. The van der Waals surface area contributed by atoms with Gasteiger partial charge in [-0.25, -0.2) is 4.79 Å². The van der Waals surface area contributed by atoms with Crippen molar-refractivity contribution >= 4 is 5.97 Å². The van der Waals surface area contributed by atoms with E-state index < -0.39 is 5.97 Å². The number of rotatable bonds is 4. The minimum atomic E-state index is -0.885. The molecule has 1 heterocycles. The molecule has 2 N–H and O–H groups in total. The van der Waals surface area contributed by atoms with Gasteiger partial charge in [-0.2, -0.15) is 0 Å². The summed E-state index contributed by atoms with van der Waals surface area (Å²) in [5.41, 5.74) is 6.23. The molecule has 0 atom stereocenters. The molecule has 1 aliphatic rings. The van der Waals surface area contributed by atoms with E-state index in [4.69, 9.17) is 0 Å². The zero-order valence-corrected chi connectivity index (χ0v) is 19.0. The van der Waals surface area contributed by atoms with Gasteiger partial charge in [0, 0.05) is 11.3 Å². The Labute approximate surface area is 175 Å². The quantitative estimate of drug-likeness (QED) is 0.580. The first-order valence-corrected chi connectivity index (χ1v) is 11.1. The molecule has 29 heavy (non-hydrogen) atoms. The van der Waals surface area contributed by atoms with E-state index in [1.54, 1.807) is 0 Å². The Morgan fingerprint density at radius 3 is 1.97 bits per heavy atom. The molecule has 158 valence electrons. The third-order valence-electron chi connectivity index (χ3n) is 6.32. The van der Waals surface area contributed by atoms with Gasteiger partial charge in [-0.1, -0.05) is 91.8 Å². The Morgan fingerprint density at radius 2 is 1.48 bits per heavy atom. The second-order valence-corrected chi connectivity index (χ2v) is 10.9. The monoisotopic (exact) mass is 395 g/mol. The van der Waals surface area contributed by atoms with Crippen LogP contribution in [-0.4, -0.2) is 16.1 Å². The van der Waals surface area contributed by atoms with Gasteiger partial charge in [0.25, 0.3) is 0 Å². The Bertz CT molecular complexity index is 839. The van der Waals surface area contributed by atoms with Crippen molar-refractivity contribution in [2.45, 2.75) is 90.9 Å². The maximum atomic E-state index is 11.7. The van der Waals surface area contributed by atoms with Gasteiger partial charge in [-0.15, -0.1) is 0 Å². The standard InChI is InChI=1S/C26H37NO2/c1-25(2,3)19-13-18(14-20(15-19)26(4,5)6)21-16-23(24(28)29)27-22(21)12-17-10-8-7-9-11-17/h13-17,27H,7-12H2,1-6H3,(H,28,29). The second-order valence-electron chi connectivity index (χ2n) is 10.9. The molecule has 2 aromatic rings. The molecule has 3 heteroatoms. The van der Waals surface area contributed by atoms with E-state index in [0.29, 0.717) is 11.6 Å². The first-order chi connectivity index (χ1) is 13.4. The fourth-order valence-electron chi connectivity index (χ4n) is 4.36. The smallest absolute Gasteiger partial charge is 0.352 e. The molecule has 0 saturated heterocycles. The van der Waals surface area contributed by atoms with Gasteiger partial charge in [0.1, 0.15) is 5.69 Å².